The molecule has 2 unspecified atom stereocenters. The summed E-state index contributed by atoms with van der Waals surface area (Å²) in [7, 11) is 1.91. The Morgan fingerprint density at radius 3 is 2.30 bits per heavy atom. The SMILES string of the molecule is C[n+]1ccc(-c2cnc3c(n2)C(C(=C=N)C#N)C=CC3[C](C#N)C#N)cc1. The summed E-state index contributed by atoms with van der Waals surface area (Å²) < 4.78 is 1.89. The molecular weight excluding hydrogens is 338 g/mol. The topological polar surface area (TPSA) is 125 Å². The van der Waals surface area contributed by atoms with E-state index < -0.39 is 11.8 Å². The lowest BCUT2D eigenvalue weighted by molar-refractivity contribution is -0.671. The normalized spacial score (nSPS) is 17.1. The molecule has 1 radical (unpaired) electrons. The van der Waals surface area contributed by atoms with Crippen LogP contribution in [0.3, 0.4) is 0 Å². The maximum absolute atomic E-state index is 9.32. The van der Waals surface area contributed by atoms with Crippen molar-refractivity contribution in [1.29, 1.82) is 21.2 Å². The van der Waals surface area contributed by atoms with Gasteiger partial charge in [-0.3, -0.25) is 10.4 Å². The van der Waals surface area contributed by atoms with Gasteiger partial charge in [0.15, 0.2) is 18.3 Å². The molecule has 127 valence electrons. The first-order valence-corrected chi connectivity index (χ1v) is 8.00. The number of aromatic nitrogens is 3. The van der Waals surface area contributed by atoms with Gasteiger partial charge in [-0.05, 0) is 5.87 Å². The standard InChI is InChI=1S/C20H13N7/c1-27-6-4-13(5-7-27)18-12-25-19-16(14(8-21)9-22)2-3-17(20(19)26-18)15(10-23)11-24/h2-7,12,16-17,23H,1H3/q+1. The lowest BCUT2D eigenvalue weighted by Crippen LogP contribution is -2.25. The molecule has 3 rings (SSSR count). The molecule has 0 fully saturated rings. The fourth-order valence-electron chi connectivity index (χ4n) is 2.90. The van der Waals surface area contributed by atoms with E-state index in [1.807, 2.05) is 54.3 Å². The number of nitrogens with one attached hydrogen (secondary N) is 1. The van der Waals surface area contributed by atoms with Gasteiger partial charge in [-0.25, -0.2) is 9.55 Å². The van der Waals surface area contributed by atoms with Gasteiger partial charge in [-0.2, -0.15) is 15.8 Å². The molecule has 7 nitrogen and oxygen atoms in total. The smallest absolute Gasteiger partial charge is 0.188 e. The minimum atomic E-state index is -0.618. The molecule has 0 aliphatic heterocycles. The van der Waals surface area contributed by atoms with Gasteiger partial charge in [0, 0.05) is 17.7 Å². The molecule has 2 aromatic heterocycles. The van der Waals surface area contributed by atoms with Gasteiger partial charge in [0.05, 0.1) is 47.3 Å². The lowest BCUT2D eigenvalue weighted by Gasteiger charge is -2.24. The van der Waals surface area contributed by atoms with E-state index in [2.05, 4.69) is 15.8 Å². The first-order valence-electron chi connectivity index (χ1n) is 8.00. The molecule has 2 aromatic rings. The van der Waals surface area contributed by atoms with Crippen LogP contribution in [0.15, 0.2) is 48.4 Å². The minimum Gasteiger partial charge on any atom is -0.258 e. The fourth-order valence-corrected chi connectivity index (χ4v) is 2.90. The van der Waals surface area contributed by atoms with E-state index in [0.29, 0.717) is 17.1 Å². The van der Waals surface area contributed by atoms with E-state index in [0.717, 1.165) is 5.56 Å². The molecule has 2 atom stereocenters. The molecular formula is C20H13N7+. The highest BCUT2D eigenvalue weighted by atomic mass is 14.9. The maximum Gasteiger partial charge on any atom is 0.188 e. The summed E-state index contributed by atoms with van der Waals surface area (Å²) in [4.78, 5) is 9.12. The quantitative estimate of drug-likeness (QED) is 0.392. The lowest BCUT2D eigenvalue weighted by atomic mass is 9.80. The van der Waals surface area contributed by atoms with E-state index in [1.165, 1.54) is 0 Å². The molecule has 1 N–H and O–H groups in total. The van der Waals surface area contributed by atoms with E-state index in [-0.39, 0.29) is 11.5 Å². The Morgan fingerprint density at radius 1 is 1.04 bits per heavy atom. The van der Waals surface area contributed by atoms with Crippen molar-refractivity contribution in [2.75, 3.05) is 0 Å². The van der Waals surface area contributed by atoms with Crippen LogP contribution < -0.4 is 4.57 Å². The Kier molecular flexibility index (Phi) is 4.86. The second kappa shape index (κ2) is 7.42. The van der Waals surface area contributed by atoms with Gasteiger partial charge in [0.1, 0.15) is 18.7 Å². The highest BCUT2D eigenvalue weighted by Crippen LogP contribution is 2.39. The van der Waals surface area contributed by atoms with Crippen LogP contribution in [0.5, 0.6) is 0 Å². The van der Waals surface area contributed by atoms with Gasteiger partial charge in [-0.1, -0.05) is 12.2 Å². The average molecular weight is 351 g/mol. The summed E-state index contributed by atoms with van der Waals surface area (Å²) in [5, 5.41) is 35.2. The van der Waals surface area contributed by atoms with Crippen molar-refractivity contribution in [2.45, 2.75) is 11.8 Å². The second-order valence-electron chi connectivity index (χ2n) is 5.91. The number of rotatable bonds is 3. The highest BCUT2D eigenvalue weighted by molar-refractivity contribution is 5.67. The average Bonchev–Trinajstić information content (AvgIpc) is 2.71. The van der Waals surface area contributed by atoms with Crippen molar-refractivity contribution in [1.82, 2.24) is 9.97 Å². The van der Waals surface area contributed by atoms with Gasteiger partial charge in [0.2, 0.25) is 0 Å². The van der Waals surface area contributed by atoms with Gasteiger partial charge in [0.25, 0.3) is 0 Å². The summed E-state index contributed by atoms with van der Waals surface area (Å²) in [6.45, 7) is 0. The highest BCUT2D eigenvalue weighted by Gasteiger charge is 2.34. The number of fused-ring (bicyclic) bond motifs is 1. The molecule has 0 bridgehead atoms. The van der Waals surface area contributed by atoms with Gasteiger partial charge in [-0.15, -0.1) is 0 Å². The molecule has 2 heterocycles. The van der Waals surface area contributed by atoms with E-state index in [4.69, 9.17) is 5.41 Å². The molecule has 0 spiro atoms. The number of pyridine rings is 1. The Balaban J connectivity index is 2.18. The Hall–Kier alpha value is -4.11. The molecule has 0 saturated carbocycles. The summed E-state index contributed by atoms with van der Waals surface area (Å²) in [5.41, 5.74) is 2.43. The zero-order chi connectivity index (χ0) is 19.4. The number of hydrogen-bond acceptors (Lipinski definition) is 6. The zero-order valence-electron chi connectivity index (χ0n) is 14.4. The third kappa shape index (κ3) is 3.22. The summed E-state index contributed by atoms with van der Waals surface area (Å²) in [5.74, 6) is 0.933. The number of allylic oxidation sites excluding steroid dienone is 3. The van der Waals surface area contributed by atoms with E-state index >= 15 is 0 Å². The Labute approximate surface area is 156 Å². The van der Waals surface area contributed by atoms with Crippen molar-refractivity contribution in [3.8, 4) is 29.5 Å². The van der Waals surface area contributed by atoms with Crippen LogP contribution in [0, 0.1) is 45.3 Å². The molecule has 1 aliphatic carbocycles. The zero-order valence-corrected chi connectivity index (χ0v) is 14.4. The molecule has 1 aliphatic rings. The predicted molar refractivity (Wildman–Crippen MR) is 94.6 cm³/mol. The van der Waals surface area contributed by atoms with Crippen molar-refractivity contribution in [3.05, 3.63) is 65.8 Å². The van der Waals surface area contributed by atoms with Gasteiger partial charge >= 0.3 is 0 Å². The van der Waals surface area contributed by atoms with Gasteiger partial charge < -0.3 is 0 Å². The monoisotopic (exact) mass is 351 g/mol. The second-order valence-corrected chi connectivity index (χ2v) is 5.91. The van der Waals surface area contributed by atoms with Crippen LogP contribution in [0.4, 0.5) is 0 Å². The summed E-state index contributed by atoms with van der Waals surface area (Å²) in [6.07, 6.45) is 8.67. The largest absolute Gasteiger partial charge is 0.258 e. The van der Waals surface area contributed by atoms with Crippen LogP contribution in [0.25, 0.3) is 11.3 Å². The number of hydrogen-bond donors (Lipinski definition) is 1. The van der Waals surface area contributed by atoms with Crippen LogP contribution >= 0.6 is 0 Å². The molecule has 0 amide bonds. The molecule has 27 heavy (non-hydrogen) atoms. The van der Waals surface area contributed by atoms with Crippen LogP contribution in [0.1, 0.15) is 23.2 Å². The summed E-state index contributed by atoms with van der Waals surface area (Å²) >= 11 is 0. The van der Waals surface area contributed by atoms with Crippen molar-refractivity contribution >= 4 is 5.87 Å². The molecule has 0 saturated heterocycles. The third-order valence-corrected chi connectivity index (χ3v) is 4.31. The minimum absolute atomic E-state index is 0.00271. The Bertz CT molecular complexity index is 1070. The molecule has 0 aromatic carbocycles. The van der Waals surface area contributed by atoms with Crippen LogP contribution in [-0.4, -0.2) is 15.8 Å². The maximum atomic E-state index is 9.32. The predicted octanol–water partition coefficient (Wildman–Crippen LogP) is 2.03. The summed E-state index contributed by atoms with van der Waals surface area (Å²) in [6, 6.07) is 9.53. The third-order valence-electron chi connectivity index (χ3n) is 4.31. The van der Waals surface area contributed by atoms with Crippen molar-refractivity contribution < 1.29 is 4.57 Å². The Morgan fingerprint density at radius 2 is 1.70 bits per heavy atom. The van der Waals surface area contributed by atoms with Crippen molar-refractivity contribution in [3.63, 3.8) is 0 Å². The number of nitrogens with zero attached hydrogens (tertiary/aromatic N) is 6. The fraction of sp³-hybridized carbons (Fsp3) is 0.150. The van der Waals surface area contributed by atoms with E-state index in [9.17, 15) is 15.8 Å². The van der Waals surface area contributed by atoms with E-state index in [1.54, 1.807) is 18.3 Å². The first kappa shape index (κ1) is 17.7. The number of nitriles is 3. The van der Waals surface area contributed by atoms with Crippen molar-refractivity contribution in [2.24, 2.45) is 7.05 Å². The molecule has 7 heteroatoms. The van der Waals surface area contributed by atoms with Crippen LogP contribution in [0.2, 0.25) is 0 Å². The first-order chi connectivity index (χ1) is 13.1. The van der Waals surface area contributed by atoms with Crippen LogP contribution in [-0.2, 0) is 7.05 Å². The number of aryl methyl sites for hydroxylation is 1.